The minimum Gasteiger partial charge on any atom is -0.383 e. The zero-order valence-corrected chi connectivity index (χ0v) is 9.62. The van der Waals surface area contributed by atoms with Gasteiger partial charge in [-0.05, 0) is 26.7 Å². The molecule has 0 atom stereocenters. The number of hydrogen-bond acceptors (Lipinski definition) is 3. The summed E-state index contributed by atoms with van der Waals surface area (Å²) in [6.07, 6.45) is 2.98. The molecule has 15 heavy (non-hydrogen) atoms. The van der Waals surface area contributed by atoms with Gasteiger partial charge in [-0.2, -0.15) is 10.4 Å². The Morgan fingerprint density at radius 1 is 1.53 bits per heavy atom. The Labute approximate surface area is 90.7 Å². The topological polar surface area (TPSA) is 67.6 Å². The van der Waals surface area contributed by atoms with Gasteiger partial charge in [-0.1, -0.05) is 13.3 Å². The summed E-state index contributed by atoms with van der Waals surface area (Å²) < 4.78 is 1.73. The summed E-state index contributed by atoms with van der Waals surface area (Å²) in [7, 11) is 0. The number of rotatable bonds is 4. The van der Waals surface area contributed by atoms with Crippen molar-refractivity contribution in [1.29, 1.82) is 5.26 Å². The summed E-state index contributed by atoms with van der Waals surface area (Å²) >= 11 is 0. The zero-order valence-electron chi connectivity index (χ0n) is 9.62. The van der Waals surface area contributed by atoms with E-state index in [4.69, 9.17) is 11.0 Å². The van der Waals surface area contributed by atoms with E-state index in [0.29, 0.717) is 11.4 Å². The van der Waals surface area contributed by atoms with E-state index in [2.05, 4.69) is 18.1 Å². The summed E-state index contributed by atoms with van der Waals surface area (Å²) in [4.78, 5) is 0. The van der Waals surface area contributed by atoms with Crippen molar-refractivity contribution in [3.8, 4) is 6.07 Å². The Morgan fingerprint density at radius 2 is 2.20 bits per heavy atom. The molecule has 0 aliphatic carbocycles. The normalized spacial score (nSPS) is 10.6. The first-order valence-corrected chi connectivity index (χ1v) is 5.38. The van der Waals surface area contributed by atoms with E-state index in [1.54, 1.807) is 4.68 Å². The maximum Gasteiger partial charge on any atom is 0.140 e. The summed E-state index contributed by atoms with van der Waals surface area (Å²) in [6, 6.07) is 2.34. The monoisotopic (exact) mass is 206 g/mol. The summed E-state index contributed by atoms with van der Waals surface area (Å²) in [5, 5.41) is 13.4. The molecule has 0 aliphatic heterocycles. The Morgan fingerprint density at radius 3 is 2.67 bits per heavy atom. The third-order valence-electron chi connectivity index (χ3n) is 2.39. The Hall–Kier alpha value is -1.50. The molecule has 4 heteroatoms. The zero-order chi connectivity index (χ0) is 11.4. The van der Waals surface area contributed by atoms with Gasteiger partial charge in [-0.25, -0.2) is 4.68 Å². The van der Waals surface area contributed by atoms with Crippen molar-refractivity contribution in [2.24, 2.45) is 0 Å². The standard InChI is InChI=1S/C11H18N4/c1-4-5-6-10-9(7-12)11(13)15(14-10)8(2)3/h8H,4-6,13H2,1-3H3. The number of nitrogen functional groups attached to an aromatic ring is 1. The van der Waals surface area contributed by atoms with Gasteiger partial charge in [0.05, 0.1) is 5.69 Å². The minimum absolute atomic E-state index is 0.201. The van der Waals surface area contributed by atoms with Crippen LogP contribution < -0.4 is 5.73 Å². The molecule has 1 heterocycles. The van der Waals surface area contributed by atoms with Gasteiger partial charge in [0.25, 0.3) is 0 Å². The van der Waals surface area contributed by atoms with Gasteiger partial charge >= 0.3 is 0 Å². The number of anilines is 1. The van der Waals surface area contributed by atoms with Gasteiger partial charge in [-0.3, -0.25) is 0 Å². The largest absolute Gasteiger partial charge is 0.383 e. The van der Waals surface area contributed by atoms with E-state index in [1.165, 1.54) is 0 Å². The van der Waals surface area contributed by atoms with Gasteiger partial charge in [0.2, 0.25) is 0 Å². The molecule has 2 N–H and O–H groups in total. The second-order valence-corrected chi connectivity index (χ2v) is 3.96. The lowest BCUT2D eigenvalue weighted by atomic mass is 10.1. The maximum atomic E-state index is 9.01. The molecule has 82 valence electrons. The van der Waals surface area contributed by atoms with Gasteiger partial charge in [-0.15, -0.1) is 0 Å². The van der Waals surface area contributed by atoms with Crippen LogP contribution in [0, 0.1) is 11.3 Å². The molecule has 0 spiro atoms. The number of nitriles is 1. The predicted octanol–water partition coefficient (Wildman–Crippen LogP) is 2.26. The van der Waals surface area contributed by atoms with Crippen LogP contribution in [0.2, 0.25) is 0 Å². The van der Waals surface area contributed by atoms with Crippen LogP contribution in [0.3, 0.4) is 0 Å². The molecule has 0 aromatic carbocycles. The van der Waals surface area contributed by atoms with Crippen molar-refractivity contribution < 1.29 is 0 Å². The van der Waals surface area contributed by atoms with E-state index in [0.717, 1.165) is 25.0 Å². The lowest BCUT2D eigenvalue weighted by Gasteiger charge is -2.06. The fourth-order valence-corrected chi connectivity index (χ4v) is 1.53. The number of hydrogen-bond donors (Lipinski definition) is 1. The number of unbranched alkanes of at least 4 members (excludes halogenated alkanes) is 1. The number of aryl methyl sites for hydroxylation is 1. The molecule has 0 radical (unpaired) electrons. The SMILES string of the molecule is CCCCc1nn(C(C)C)c(N)c1C#N. The first-order chi connectivity index (χ1) is 7.11. The van der Waals surface area contributed by atoms with Crippen molar-refractivity contribution in [3.05, 3.63) is 11.3 Å². The molecule has 4 nitrogen and oxygen atoms in total. The maximum absolute atomic E-state index is 9.01. The summed E-state index contributed by atoms with van der Waals surface area (Å²) in [5.74, 6) is 0.499. The molecular formula is C11H18N4. The van der Waals surface area contributed by atoms with E-state index in [1.807, 2.05) is 13.8 Å². The van der Waals surface area contributed by atoms with Crippen molar-refractivity contribution in [2.45, 2.75) is 46.1 Å². The van der Waals surface area contributed by atoms with E-state index in [-0.39, 0.29) is 6.04 Å². The van der Waals surface area contributed by atoms with Crippen LogP contribution in [0.1, 0.15) is 50.9 Å². The number of aromatic nitrogens is 2. The lowest BCUT2D eigenvalue weighted by Crippen LogP contribution is -2.07. The third kappa shape index (κ3) is 2.30. The van der Waals surface area contributed by atoms with Crippen LogP contribution in [0.5, 0.6) is 0 Å². The van der Waals surface area contributed by atoms with Crippen molar-refractivity contribution >= 4 is 5.82 Å². The molecule has 0 saturated carbocycles. The molecule has 0 bridgehead atoms. The van der Waals surface area contributed by atoms with Crippen LogP contribution in [0.25, 0.3) is 0 Å². The second-order valence-electron chi connectivity index (χ2n) is 3.96. The van der Waals surface area contributed by atoms with Crippen molar-refractivity contribution in [2.75, 3.05) is 5.73 Å². The number of nitrogens with two attached hydrogens (primary N) is 1. The lowest BCUT2D eigenvalue weighted by molar-refractivity contribution is 0.532. The summed E-state index contributed by atoms with van der Waals surface area (Å²) in [5.41, 5.74) is 7.26. The molecule has 0 saturated heterocycles. The Kier molecular flexibility index (Phi) is 3.73. The van der Waals surface area contributed by atoms with Crippen LogP contribution >= 0.6 is 0 Å². The molecule has 0 aliphatic rings. The summed E-state index contributed by atoms with van der Waals surface area (Å²) in [6.45, 7) is 6.14. The average molecular weight is 206 g/mol. The van der Waals surface area contributed by atoms with Gasteiger partial charge in [0.15, 0.2) is 0 Å². The van der Waals surface area contributed by atoms with Gasteiger partial charge in [0.1, 0.15) is 17.5 Å². The van der Waals surface area contributed by atoms with Crippen LogP contribution in [0.15, 0.2) is 0 Å². The third-order valence-corrected chi connectivity index (χ3v) is 2.39. The van der Waals surface area contributed by atoms with Gasteiger partial charge < -0.3 is 5.73 Å². The van der Waals surface area contributed by atoms with E-state index < -0.39 is 0 Å². The van der Waals surface area contributed by atoms with Crippen molar-refractivity contribution in [1.82, 2.24) is 9.78 Å². The number of nitrogens with zero attached hydrogens (tertiary/aromatic N) is 3. The average Bonchev–Trinajstić information content (AvgIpc) is 2.52. The quantitative estimate of drug-likeness (QED) is 0.821. The molecule has 1 aromatic heterocycles. The fraction of sp³-hybridized carbons (Fsp3) is 0.636. The molecule has 0 amide bonds. The Balaban J connectivity index is 3.06. The first-order valence-electron chi connectivity index (χ1n) is 5.38. The van der Waals surface area contributed by atoms with Crippen molar-refractivity contribution in [3.63, 3.8) is 0 Å². The minimum atomic E-state index is 0.201. The second kappa shape index (κ2) is 4.83. The van der Waals surface area contributed by atoms with Crippen LogP contribution in [-0.4, -0.2) is 9.78 Å². The highest BCUT2D eigenvalue weighted by Crippen LogP contribution is 2.21. The molecular weight excluding hydrogens is 188 g/mol. The van der Waals surface area contributed by atoms with Crippen LogP contribution in [-0.2, 0) is 6.42 Å². The van der Waals surface area contributed by atoms with E-state index >= 15 is 0 Å². The van der Waals surface area contributed by atoms with E-state index in [9.17, 15) is 0 Å². The highest BCUT2D eigenvalue weighted by molar-refractivity contribution is 5.52. The van der Waals surface area contributed by atoms with Gasteiger partial charge in [0, 0.05) is 6.04 Å². The molecule has 1 aromatic rings. The molecule has 0 fully saturated rings. The molecule has 0 unspecified atom stereocenters. The Bertz CT molecular complexity index is 371. The highest BCUT2D eigenvalue weighted by Gasteiger charge is 2.16. The fourth-order valence-electron chi connectivity index (χ4n) is 1.53. The highest BCUT2D eigenvalue weighted by atomic mass is 15.3. The smallest absolute Gasteiger partial charge is 0.140 e. The molecule has 1 rings (SSSR count). The van der Waals surface area contributed by atoms with Crippen LogP contribution in [0.4, 0.5) is 5.82 Å². The predicted molar refractivity (Wildman–Crippen MR) is 60.4 cm³/mol. The first kappa shape index (κ1) is 11.6.